The Kier molecular flexibility index (Phi) is 7.08. The molecule has 2 amide bonds. The fraction of sp³-hybridized carbons (Fsp3) is 0.364. The van der Waals surface area contributed by atoms with Crippen molar-refractivity contribution in [2.45, 2.75) is 18.9 Å². The zero-order valence-electron chi connectivity index (χ0n) is 16.6. The minimum absolute atomic E-state index is 0.0209. The van der Waals surface area contributed by atoms with Crippen molar-refractivity contribution in [2.75, 3.05) is 33.2 Å². The third-order valence-electron chi connectivity index (χ3n) is 5.06. The SMILES string of the molecule is CN1CCN(C(=O)C(NC(=O)CCC(=O)c2cccnc2)c2ccccc2)CC1. The number of hydrogen-bond acceptors (Lipinski definition) is 5. The van der Waals surface area contributed by atoms with Crippen molar-refractivity contribution >= 4 is 17.6 Å². The van der Waals surface area contributed by atoms with Gasteiger partial charge in [-0.15, -0.1) is 0 Å². The molecule has 1 aromatic carbocycles. The first kappa shape index (κ1) is 20.7. The van der Waals surface area contributed by atoms with Crippen molar-refractivity contribution in [3.63, 3.8) is 0 Å². The summed E-state index contributed by atoms with van der Waals surface area (Å²) in [5.74, 6) is -0.579. The van der Waals surface area contributed by atoms with E-state index in [9.17, 15) is 14.4 Å². The number of carbonyl (C=O) groups excluding carboxylic acids is 3. The van der Waals surface area contributed by atoms with Crippen LogP contribution in [0.15, 0.2) is 54.9 Å². The molecule has 0 aliphatic carbocycles. The highest BCUT2D eigenvalue weighted by Crippen LogP contribution is 2.18. The molecule has 3 rings (SSSR count). The Balaban J connectivity index is 1.64. The number of benzene rings is 1. The van der Waals surface area contributed by atoms with Gasteiger partial charge in [0.05, 0.1) is 0 Å². The van der Waals surface area contributed by atoms with Crippen molar-refractivity contribution in [2.24, 2.45) is 0 Å². The number of aromatic nitrogens is 1. The molecule has 1 N–H and O–H groups in total. The predicted molar refractivity (Wildman–Crippen MR) is 109 cm³/mol. The van der Waals surface area contributed by atoms with E-state index >= 15 is 0 Å². The van der Waals surface area contributed by atoms with E-state index in [1.54, 1.807) is 23.2 Å². The highest BCUT2D eigenvalue weighted by Gasteiger charge is 2.29. The Hall–Kier alpha value is -3.06. The number of pyridine rings is 1. The topological polar surface area (TPSA) is 82.6 Å². The van der Waals surface area contributed by atoms with E-state index in [0.29, 0.717) is 18.7 Å². The second-order valence-corrected chi connectivity index (χ2v) is 7.20. The number of likely N-dealkylation sites (N-methyl/N-ethyl adjacent to an activating group) is 1. The molecule has 1 aliphatic rings. The number of rotatable bonds is 7. The average molecular weight is 394 g/mol. The molecule has 1 aromatic heterocycles. The monoisotopic (exact) mass is 394 g/mol. The van der Waals surface area contributed by atoms with Gasteiger partial charge in [-0.25, -0.2) is 0 Å². The van der Waals surface area contributed by atoms with Gasteiger partial charge in [-0.1, -0.05) is 30.3 Å². The second-order valence-electron chi connectivity index (χ2n) is 7.20. The molecule has 1 unspecified atom stereocenters. The number of ketones is 1. The molecule has 0 saturated carbocycles. The molecular weight excluding hydrogens is 368 g/mol. The van der Waals surface area contributed by atoms with E-state index in [1.807, 2.05) is 37.4 Å². The van der Waals surface area contributed by atoms with E-state index in [4.69, 9.17) is 0 Å². The Morgan fingerprint density at radius 2 is 1.72 bits per heavy atom. The fourth-order valence-electron chi connectivity index (χ4n) is 3.27. The van der Waals surface area contributed by atoms with Crippen LogP contribution in [0.25, 0.3) is 0 Å². The largest absolute Gasteiger partial charge is 0.341 e. The maximum atomic E-state index is 13.1. The maximum absolute atomic E-state index is 13.1. The summed E-state index contributed by atoms with van der Waals surface area (Å²) in [5, 5.41) is 2.84. The third-order valence-corrected chi connectivity index (χ3v) is 5.06. The molecule has 0 bridgehead atoms. The molecular formula is C22H26N4O3. The standard InChI is InChI=1S/C22H26N4O3/c1-25-12-14-26(15-13-25)22(29)21(17-6-3-2-4-7-17)24-20(28)10-9-19(27)18-8-5-11-23-16-18/h2-8,11,16,21H,9-10,12-15H2,1H3,(H,24,28). The molecule has 152 valence electrons. The molecule has 1 fully saturated rings. The minimum atomic E-state index is -0.749. The van der Waals surface area contributed by atoms with Gasteiger partial charge in [0.25, 0.3) is 0 Å². The highest BCUT2D eigenvalue weighted by atomic mass is 16.2. The summed E-state index contributed by atoms with van der Waals surface area (Å²) in [7, 11) is 2.03. The lowest BCUT2D eigenvalue weighted by Gasteiger charge is -2.35. The molecule has 1 aliphatic heterocycles. The van der Waals surface area contributed by atoms with Gasteiger partial charge >= 0.3 is 0 Å². The summed E-state index contributed by atoms with van der Waals surface area (Å²) in [5.41, 5.74) is 1.22. The number of nitrogens with one attached hydrogen (secondary N) is 1. The first-order valence-corrected chi connectivity index (χ1v) is 9.79. The Labute approximate surface area is 170 Å². The molecule has 29 heavy (non-hydrogen) atoms. The van der Waals surface area contributed by atoms with Crippen LogP contribution in [-0.2, 0) is 9.59 Å². The smallest absolute Gasteiger partial charge is 0.249 e. The molecule has 7 nitrogen and oxygen atoms in total. The first-order chi connectivity index (χ1) is 14.0. The van der Waals surface area contributed by atoms with Crippen LogP contribution >= 0.6 is 0 Å². The maximum Gasteiger partial charge on any atom is 0.249 e. The summed E-state index contributed by atoms with van der Waals surface area (Å²) < 4.78 is 0. The highest BCUT2D eigenvalue weighted by molar-refractivity contribution is 5.98. The number of amides is 2. The van der Waals surface area contributed by atoms with Crippen LogP contribution in [-0.4, -0.2) is 65.6 Å². The van der Waals surface area contributed by atoms with Crippen LogP contribution in [0.2, 0.25) is 0 Å². The van der Waals surface area contributed by atoms with Gasteiger partial charge in [0.1, 0.15) is 6.04 Å². The van der Waals surface area contributed by atoms with Gasteiger partial charge in [0.15, 0.2) is 5.78 Å². The van der Waals surface area contributed by atoms with Gasteiger partial charge in [0.2, 0.25) is 11.8 Å². The number of hydrogen-bond donors (Lipinski definition) is 1. The van der Waals surface area contributed by atoms with E-state index in [1.165, 1.54) is 6.20 Å². The van der Waals surface area contributed by atoms with Crippen LogP contribution in [0.1, 0.15) is 34.8 Å². The summed E-state index contributed by atoms with van der Waals surface area (Å²) in [4.78, 5) is 45.8. The molecule has 0 radical (unpaired) electrons. The lowest BCUT2D eigenvalue weighted by atomic mass is 10.0. The summed E-state index contributed by atoms with van der Waals surface area (Å²) in [6.07, 6.45) is 3.18. The van der Waals surface area contributed by atoms with Gasteiger partial charge in [-0.05, 0) is 24.7 Å². The zero-order chi connectivity index (χ0) is 20.6. The van der Waals surface area contributed by atoms with Crippen LogP contribution in [0.3, 0.4) is 0 Å². The average Bonchev–Trinajstić information content (AvgIpc) is 2.77. The molecule has 7 heteroatoms. The second kappa shape index (κ2) is 9.93. The Bertz CT molecular complexity index is 834. The number of Topliss-reactive ketones (excluding diaryl/α,β-unsaturated/α-hetero) is 1. The van der Waals surface area contributed by atoms with Crippen molar-refractivity contribution < 1.29 is 14.4 Å². The number of piperazine rings is 1. The number of carbonyl (C=O) groups is 3. The lowest BCUT2D eigenvalue weighted by Crippen LogP contribution is -2.51. The van der Waals surface area contributed by atoms with Crippen LogP contribution in [0.4, 0.5) is 0 Å². The number of nitrogens with zero attached hydrogens (tertiary/aromatic N) is 3. The van der Waals surface area contributed by atoms with Crippen LogP contribution in [0, 0.1) is 0 Å². The van der Waals surface area contributed by atoms with Crippen molar-refractivity contribution in [3.05, 3.63) is 66.0 Å². The van der Waals surface area contributed by atoms with Gasteiger partial charge < -0.3 is 15.1 Å². The zero-order valence-corrected chi connectivity index (χ0v) is 16.6. The third kappa shape index (κ3) is 5.71. The van der Waals surface area contributed by atoms with Gasteiger partial charge in [-0.3, -0.25) is 19.4 Å². The van der Waals surface area contributed by atoms with Gasteiger partial charge in [-0.2, -0.15) is 0 Å². The molecule has 1 saturated heterocycles. The minimum Gasteiger partial charge on any atom is -0.341 e. The van der Waals surface area contributed by atoms with E-state index < -0.39 is 6.04 Å². The van der Waals surface area contributed by atoms with E-state index in [0.717, 1.165) is 18.7 Å². The van der Waals surface area contributed by atoms with Crippen molar-refractivity contribution in [1.29, 1.82) is 0 Å². The fourth-order valence-corrected chi connectivity index (χ4v) is 3.27. The molecule has 0 spiro atoms. The van der Waals surface area contributed by atoms with E-state index in [2.05, 4.69) is 15.2 Å². The molecule has 2 heterocycles. The molecule has 1 atom stereocenters. The Morgan fingerprint density at radius 1 is 1.00 bits per heavy atom. The Morgan fingerprint density at radius 3 is 2.38 bits per heavy atom. The van der Waals surface area contributed by atoms with Crippen molar-refractivity contribution in [1.82, 2.24) is 20.1 Å². The summed E-state index contributed by atoms with van der Waals surface area (Å²) >= 11 is 0. The summed E-state index contributed by atoms with van der Waals surface area (Å²) in [6, 6.07) is 11.8. The quantitative estimate of drug-likeness (QED) is 0.723. The summed E-state index contributed by atoms with van der Waals surface area (Å²) in [6.45, 7) is 2.88. The first-order valence-electron chi connectivity index (χ1n) is 9.79. The molecule has 2 aromatic rings. The van der Waals surface area contributed by atoms with Crippen LogP contribution in [0.5, 0.6) is 0 Å². The van der Waals surface area contributed by atoms with Crippen LogP contribution < -0.4 is 5.32 Å². The normalized spacial score (nSPS) is 15.6. The lowest BCUT2D eigenvalue weighted by molar-refractivity contribution is -0.138. The predicted octanol–water partition coefficient (Wildman–Crippen LogP) is 1.68. The van der Waals surface area contributed by atoms with E-state index in [-0.39, 0.29) is 30.4 Å². The van der Waals surface area contributed by atoms with Crippen molar-refractivity contribution in [3.8, 4) is 0 Å². The van der Waals surface area contributed by atoms with Gasteiger partial charge in [0, 0.05) is 57.0 Å².